The second-order valence-electron chi connectivity index (χ2n) is 5.10. The molecule has 0 bridgehead atoms. The number of thiocarbonyl (C=S) groups is 1. The molecule has 1 aliphatic heterocycles. The topological polar surface area (TPSA) is 59.6 Å². The molecule has 1 aliphatic rings. The largest absolute Gasteiger partial charge is 0.496 e. The van der Waals surface area contributed by atoms with Gasteiger partial charge in [-0.2, -0.15) is 0 Å². The van der Waals surface area contributed by atoms with Crippen LogP contribution >= 0.6 is 12.2 Å². The average Bonchev–Trinajstić information content (AvgIpc) is 2.57. The quantitative estimate of drug-likeness (QED) is 0.470. The SMILES string of the molecule is C=CCOC(=O)C1=C(C)NC(=S)NC1C=Cc1ccccc1OC. The fourth-order valence-electron chi connectivity index (χ4n) is 2.36. The molecule has 6 heteroatoms. The highest BCUT2D eigenvalue weighted by Crippen LogP contribution is 2.21. The number of benzene rings is 1. The predicted octanol–water partition coefficient (Wildman–Crippen LogP) is 2.56. The molecule has 0 amide bonds. The molecular weight excluding hydrogens is 324 g/mol. The fraction of sp³-hybridized carbons (Fsp3) is 0.222. The van der Waals surface area contributed by atoms with E-state index in [2.05, 4.69) is 17.2 Å². The van der Waals surface area contributed by atoms with Crippen molar-refractivity contribution in [3.63, 3.8) is 0 Å². The Morgan fingerprint density at radius 3 is 2.88 bits per heavy atom. The molecule has 0 aliphatic carbocycles. The summed E-state index contributed by atoms with van der Waals surface area (Å²) in [6.07, 6.45) is 5.28. The summed E-state index contributed by atoms with van der Waals surface area (Å²) in [6, 6.07) is 7.24. The standard InChI is InChI=1S/C18H20N2O3S/c1-4-11-23-17(21)16-12(2)19-18(24)20-14(16)10-9-13-7-5-6-8-15(13)22-3/h4-10,14H,1,11H2,2-3H3,(H2,19,20,24). The molecule has 126 valence electrons. The number of rotatable bonds is 6. The Hall–Kier alpha value is -2.60. The van der Waals surface area contributed by atoms with Gasteiger partial charge in [-0.3, -0.25) is 0 Å². The van der Waals surface area contributed by atoms with Gasteiger partial charge >= 0.3 is 5.97 Å². The summed E-state index contributed by atoms with van der Waals surface area (Å²) < 4.78 is 10.5. The second-order valence-corrected chi connectivity index (χ2v) is 5.51. The molecule has 1 aromatic carbocycles. The lowest BCUT2D eigenvalue weighted by atomic mass is 10.0. The van der Waals surface area contributed by atoms with Crippen LogP contribution in [0.15, 0.2) is 54.3 Å². The van der Waals surface area contributed by atoms with Gasteiger partial charge in [-0.1, -0.05) is 43.0 Å². The van der Waals surface area contributed by atoms with Crippen LogP contribution in [0.25, 0.3) is 6.08 Å². The van der Waals surface area contributed by atoms with Crippen LogP contribution in [-0.2, 0) is 9.53 Å². The summed E-state index contributed by atoms with van der Waals surface area (Å²) in [5.74, 6) is 0.339. The predicted molar refractivity (Wildman–Crippen MR) is 98.5 cm³/mol. The maximum atomic E-state index is 12.3. The maximum Gasteiger partial charge on any atom is 0.338 e. The number of para-hydroxylation sites is 1. The van der Waals surface area contributed by atoms with E-state index in [4.69, 9.17) is 21.7 Å². The van der Waals surface area contributed by atoms with Crippen LogP contribution in [0.5, 0.6) is 5.75 Å². The average molecular weight is 344 g/mol. The summed E-state index contributed by atoms with van der Waals surface area (Å²) in [4.78, 5) is 12.3. The summed E-state index contributed by atoms with van der Waals surface area (Å²) in [7, 11) is 1.62. The Kier molecular flexibility index (Phi) is 6.14. The molecule has 1 heterocycles. The van der Waals surface area contributed by atoms with E-state index >= 15 is 0 Å². The van der Waals surface area contributed by atoms with Gasteiger partial charge in [-0.05, 0) is 25.2 Å². The lowest BCUT2D eigenvalue weighted by Crippen LogP contribution is -2.48. The minimum atomic E-state index is -0.412. The first kappa shape index (κ1) is 17.7. The highest BCUT2D eigenvalue weighted by molar-refractivity contribution is 7.80. The van der Waals surface area contributed by atoms with E-state index in [1.807, 2.05) is 36.4 Å². The van der Waals surface area contributed by atoms with Gasteiger partial charge in [0.15, 0.2) is 5.11 Å². The Labute approximate surface area is 147 Å². The summed E-state index contributed by atoms with van der Waals surface area (Å²) in [5.41, 5.74) is 2.06. The van der Waals surface area contributed by atoms with E-state index < -0.39 is 5.97 Å². The minimum absolute atomic E-state index is 0.156. The van der Waals surface area contributed by atoms with Crippen LogP contribution < -0.4 is 15.4 Å². The van der Waals surface area contributed by atoms with Crippen LogP contribution in [0.1, 0.15) is 12.5 Å². The Morgan fingerprint density at radius 1 is 1.42 bits per heavy atom. The smallest absolute Gasteiger partial charge is 0.338 e. The van der Waals surface area contributed by atoms with E-state index in [0.717, 1.165) is 11.3 Å². The van der Waals surface area contributed by atoms with E-state index in [-0.39, 0.29) is 12.6 Å². The van der Waals surface area contributed by atoms with Gasteiger partial charge in [0, 0.05) is 11.3 Å². The van der Waals surface area contributed by atoms with Crippen LogP contribution in [0.3, 0.4) is 0 Å². The first-order valence-electron chi connectivity index (χ1n) is 7.44. The van der Waals surface area contributed by atoms with Gasteiger partial charge in [0.25, 0.3) is 0 Å². The van der Waals surface area contributed by atoms with Crippen molar-refractivity contribution >= 4 is 29.4 Å². The molecule has 0 radical (unpaired) electrons. The third-order valence-corrected chi connectivity index (χ3v) is 3.68. The normalized spacial score (nSPS) is 17.2. The van der Waals surface area contributed by atoms with Gasteiger partial charge in [-0.25, -0.2) is 4.79 Å². The maximum absolute atomic E-state index is 12.3. The van der Waals surface area contributed by atoms with Gasteiger partial charge in [0.05, 0.1) is 18.7 Å². The van der Waals surface area contributed by atoms with Crippen molar-refractivity contribution in [3.8, 4) is 5.75 Å². The van der Waals surface area contributed by atoms with Crippen LogP contribution in [0, 0.1) is 0 Å². The monoisotopic (exact) mass is 344 g/mol. The van der Waals surface area contributed by atoms with Crippen molar-refractivity contribution in [2.75, 3.05) is 13.7 Å². The van der Waals surface area contributed by atoms with Gasteiger partial charge in [0.2, 0.25) is 0 Å². The van der Waals surface area contributed by atoms with E-state index in [0.29, 0.717) is 16.4 Å². The van der Waals surface area contributed by atoms with Crippen molar-refractivity contribution < 1.29 is 14.3 Å². The number of methoxy groups -OCH3 is 1. The van der Waals surface area contributed by atoms with Crippen LogP contribution in [-0.4, -0.2) is 30.8 Å². The zero-order valence-electron chi connectivity index (χ0n) is 13.7. The molecule has 0 aromatic heterocycles. The first-order valence-corrected chi connectivity index (χ1v) is 7.85. The highest BCUT2D eigenvalue weighted by atomic mass is 32.1. The molecule has 1 aromatic rings. The van der Waals surface area contributed by atoms with Gasteiger partial charge < -0.3 is 20.1 Å². The van der Waals surface area contributed by atoms with Crippen LogP contribution in [0.2, 0.25) is 0 Å². The summed E-state index contributed by atoms with van der Waals surface area (Å²) >= 11 is 5.18. The number of ether oxygens (including phenoxy) is 2. The zero-order valence-corrected chi connectivity index (χ0v) is 14.5. The van der Waals surface area contributed by atoms with E-state index in [9.17, 15) is 4.79 Å². The molecule has 0 saturated heterocycles. The highest BCUT2D eigenvalue weighted by Gasteiger charge is 2.27. The molecule has 1 unspecified atom stereocenters. The van der Waals surface area contributed by atoms with Gasteiger partial charge in [-0.15, -0.1) is 0 Å². The molecule has 0 fully saturated rings. The van der Waals surface area contributed by atoms with Crippen LogP contribution in [0.4, 0.5) is 0 Å². The Balaban J connectivity index is 2.29. The van der Waals surface area contributed by atoms with Gasteiger partial charge in [0.1, 0.15) is 12.4 Å². The number of carbonyl (C=O) groups excluding carboxylic acids is 1. The lowest BCUT2D eigenvalue weighted by molar-refractivity contribution is -0.138. The van der Waals surface area contributed by atoms with E-state index in [1.165, 1.54) is 6.08 Å². The lowest BCUT2D eigenvalue weighted by Gasteiger charge is -2.27. The molecule has 1 atom stereocenters. The van der Waals surface area contributed by atoms with Crippen molar-refractivity contribution in [3.05, 3.63) is 59.8 Å². The molecule has 5 nitrogen and oxygen atoms in total. The Morgan fingerprint density at radius 2 is 2.17 bits per heavy atom. The fourth-order valence-corrected chi connectivity index (χ4v) is 2.64. The molecule has 0 saturated carbocycles. The van der Waals surface area contributed by atoms with Crippen molar-refractivity contribution in [2.45, 2.75) is 13.0 Å². The first-order chi connectivity index (χ1) is 11.6. The number of hydrogen-bond acceptors (Lipinski definition) is 4. The molecule has 2 rings (SSSR count). The zero-order chi connectivity index (χ0) is 17.5. The summed E-state index contributed by atoms with van der Waals surface area (Å²) in [5, 5.41) is 6.48. The number of nitrogens with one attached hydrogen (secondary N) is 2. The minimum Gasteiger partial charge on any atom is -0.496 e. The number of allylic oxidation sites excluding steroid dienone is 1. The Bertz CT molecular complexity index is 710. The summed E-state index contributed by atoms with van der Waals surface area (Å²) in [6.45, 7) is 5.50. The molecule has 2 N–H and O–H groups in total. The second kappa shape index (κ2) is 8.31. The number of esters is 1. The molecular formula is C18H20N2O3S. The molecule has 24 heavy (non-hydrogen) atoms. The number of carbonyl (C=O) groups is 1. The third-order valence-electron chi connectivity index (χ3n) is 3.46. The molecule has 0 spiro atoms. The van der Waals surface area contributed by atoms with E-state index in [1.54, 1.807) is 14.0 Å². The van der Waals surface area contributed by atoms with Crippen molar-refractivity contribution in [1.82, 2.24) is 10.6 Å². The van der Waals surface area contributed by atoms with Crippen molar-refractivity contribution in [2.24, 2.45) is 0 Å². The third kappa shape index (κ3) is 4.23. The van der Waals surface area contributed by atoms with Crippen molar-refractivity contribution in [1.29, 1.82) is 0 Å². The number of hydrogen-bond donors (Lipinski definition) is 2.